The lowest BCUT2D eigenvalue weighted by Gasteiger charge is -2.41. The fraction of sp³-hybridized carbons (Fsp3) is 0.462. The third-order valence-electron chi connectivity index (χ3n) is 3.26. The van der Waals surface area contributed by atoms with E-state index in [0.717, 1.165) is 10.0 Å². The molecule has 4 nitrogen and oxygen atoms in total. The summed E-state index contributed by atoms with van der Waals surface area (Å²) in [7, 11) is 1.80. The molecule has 1 aromatic rings. The molecular weight excluding hydrogens is 296 g/mol. The number of rotatable bonds is 4. The molecule has 0 aliphatic carbocycles. The number of nitrogens with zero attached hydrogens (tertiary/aromatic N) is 1. The van der Waals surface area contributed by atoms with Gasteiger partial charge in [-0.25, -0.2) is 0 Å². The highest BCUT2D eigenvalue weighted by Crippen LogP contribution is 2.28. The maximum Gasteiger partial charge on any atom is 0.234 e. The third kappa shape index (κ3) is 2.58. The second-order valence-electron chi connectivity index (χ2n) is 4.77. The van der Waals surface area contributed by atoms with Gasteiger partial charge in [-0.05, 0) is 17.7 Å². The summed E-state index contributed by atoms with van der Waals surface area (Å²) in [6.45, 7) is 1.80. The van der Waals surface area contributed by atoms with Crippen molar-refractivity contribution in [2.75, 3.05) is 26.8 Å². The van der Waals surface area contributed by atoms with E-state index in [4.69, 9.17) is 10.5 Å². The minimum Gasteiger partial charge on any atom is -0.379 e. The van der Waals surface area contributed by atoms with Crippen LogP contribution < -0.4 is 5.73 Å². The topological polar surface area (TPSA) is 55.6 Å². The van der Waals surface area contributed by atoms with Crippen LogP contribution in [-0.2, 0) is 16.1 Å². The Labute approximate surface area is 115 Å². The lowest BCUT2D eigenvalue weighted by atomic mass is 9.84. The van der Waals surface area contributed by atoms with E-state index < -0.39 is 5.41 Å². The number of carbonyl (C=O) groups excluding carboxylic acids is 1. The number of ether oxygens (including phenoxy) is 1. The van der Waals surface area contributed by atoms with Gasteiger partial charge in [0.15, 0.2) is 0 Å². The van der Waals surface area contributed by atoms with Gasteiger partial charge in [0.25, 0.3) is 0 Å². The van der Waals surface area contributed by atoms with Crippen LogP contribution in [0.4, 0.5) is 0 Å². The first-order valence-electron chi connectivity index (χ1n) is 5.85. The van der Waals surface area contributed by atoms with Crippen molar-refractivity contribution in [3.05, 3.63) is 34.3 Å². The fourth-order valence-electron chi connectivity index (χ4n) is 2.06. The van der Waals surface area contributed by atoms with Crippen LogP contribution in [0.1, 0.15) is 5.56 Å². The Balaban J connectivity index is 2.03. The highest BCUT2D eigenvalue weighted by atomic mass is 79.9. The second kappa shape index (κ2) is 5.38. The summed E-state index contributed by atoms with van der Waals surface area (Å²) in [5.74, 6) is 0.0659. The maximum atomic E-state index is 12.3. The number of hydrogen-bond donors (Lipinski definition) is 1. The van der Waals surface area contributed by atoms with E-state index in [0.29, 0.717) is 26.3 Å². The predicted molar refractivity (Wildman–Crippen MR) is 72.9 cm³/mol. The zero-order valence-corrected chi connectivity index (χ0v) is 11.9. The van der Waals surface area contributed by atoms with Crippen LogP contribution in [0.15, 0.2) is 28.7 Å². The number of hydrogen-bond acceptors (Lipinski definition) is 3. The number of nitrogens with two attached hydrogens (primary N) is 1. The molecule has 0 spiro atoms. The molecule has 5 heteroatoms. The lowest BCUT2D eigenvalue weighted by Crippen LogP contribution is -2.58. The average Bonchev–Trinajstić information content (AvgIpc) is 2.28. The molecule has 1 amide bonds. The van der Waals surface area contributed by atoms with Gasteiger partial charge in [-0.15, -0.1) is 0 Å². The molecule has 0 unspecified atom stereocenters. The largest absolute Gasteiger partial charge is 0.379 e. The molecule has 0 atom stereocenters. The summed E-state index contributed by atoms with van der Waals surface area (Å²) in [5, 5.41) is 0. The van der Waals surface area contributed by atoms with Crippen LogP contribution in [0.5, 0.6) is 0 Å². The smallest absolute Gasteiger partial charge is 0.234 e. The first-order chi connectivity index (χ1) is 8.57. The molecule has 1 aliphatic rings. The Bertz CT molecular complexity index is 441. The Morgan fingerprint density at radius 3 is 2.78 bits per heavy atom. The van der Waals surface area contributed by atoms with Crippen LogP contribution in [0.3, 0.4) is 0 Å². The van der Waals surface area contributed by atoms with Gasteiger partial charge in [0.05, 0.1) is 13.2 Å². The first kappa shape index (κ1) is 13.5. The van der Waals surface area contributed by atoms with Gasteiger partial charge in [0.1, 0.15) is 5.41 Å². The monoisotopic (exact) mass is 312 g/mol. The van der Waals surface area contributed by atoms with Gasteiger partial charge in [-0.2, -0.15) is 0 Å². The number of amides is 1. The van der Waals surface area contributed by atoms with Crippen molar-refractivity contribution in [1.82, 2.24) is 4.90 Å². The molecule has 0 bridgehead atoms. The van der Waals surface area contributed by atoms with Crippen LogP contribution in [0, 0.1) is 5.41 Å². The number of halogens is 1. The van der Waals surface area contributed by atoms with E-state index in [1.165, 1.54) is 0 Å². The molecule has 2 N–H and O–H groups in total. The Hall–Kier alpha value is -0.910. The molecule has 1 aliphatic heterocycles. The molecule has 0 radical (unpaired) electrons. The summed E-state index contributed by atoms with van der Waals surface area (Å²) >= 11 is 3.42. The van der Waals surface area contributed by atoms with Crippen LogP contribution in [-0.4, -0.2) is 37.6 Å². The summed E-state index contributed by atoms with van der Waals surface area (Å²) in [6.07, 6.45) is 0. The highest BCUT2D eigenvalue weighted by Gasteiger charge is 2.46. The molecule has 1 saturated heterocycles. The van der Waals surface area contributed by atoms with Crippen LogP contribution >= 0.6 is 15.9 Å². The fourth-order valence-corrected chi connectivity index (χ4v) is 2.51. The van der Waals surface area contributed by atoms with Gasteiger partial charge in [0.2, 0.25) is 5.91 Å². The van der Waals surface area contributed by atoms with Crippen molar-refractivity contribution in [2.45, 2.75) is 6.54 Å². The first-order valence-corrected chi connectivity index (χ1v) is 6.64. The van der Waals surface area contributed by atoms with Crippen molar-refractivity contribution in [2.24, 2.45) is 11.1 Å². The number of benzene rings is 1. The summed E-state index contributed by atoms with van der Waals surface area (Å²) in [4.78, 5) is 14.0. The van der Waals surface area contributed by atoms with E-state index in [-0.39, 0.29) is 5.91 Å². The van der Waals surface area contributed by atoms with Crippen molar-refractivity contribution >= 4 is 21.8 Å². The van der Waals surface area contributed by atoms with E-state index in [2.05, 4.69) is 15.9 Å². The normalized spacial score (nSPS) is 17.1. The average molecular weight is 313 g/mol. The Morgan fingerprint density at radius 2 is 2.28 bits per heavy atom. The SMILES string of the molecule is CN(Cc1cccc(Br)c1)C(=O)C1(CN)COC1. The van der Waals surface area contributed by atoms with E-state index in [1.54, 1.807) is 11.9 Å². The minimum atomic E-state index is -0.499. The van der Waals surface area contributed by atoms with E-state index in [1.807, 2.05) is 24.3 Å². The molecular formula is C13H17BrN2O2. The Kier molecular flexibility index (Phi) is 4.04. The standard InChI is InChI=1S/C13H17BrN2O2/c1-16(6-10-3-2-4-11(14)5-10)12(17)13(7-15)8-18-9-13/h2-5H,6-9,15H2,1H3. The zero-order chi connectivity index (χ0) is 13.2. The predicted octanol–water partition coefficient (Wildman–Crippen LogP) is 1.38. The van der Waals surface area contributed by atoms with Crippen LogP contribution in [0.2, 0.25) is 0 Å². The van der Waals surface area contributed by atoms with Crippen molar-refractivity contribution in [3.8, 4) is 0 Å². The quantitative estimate of drug-likeness (QED) is 0.914. The third-order valence-corrected chi connectivity index (χ3v) is 3.75. The molecule has 98 valence electrons. The lowest BCUT2D eigenvalue weighted by molar-refractivity contribution is -0.169. The van der Waals surface area contributed by atoms with Crippen LogP contribution in [0.25, 0.3) is 0 Å². The maximum absolute atomic E-state index is 12.3. The molecule has 0 aromatic heterocycles. The van der Waals surface area contributed by atoms with Gasteiger partial charge < -0.3 is 15.4 Å². The van der Waals surface area contributed by atoms with Gasteiger partial charge in [-0.3, -0.25) is 4.79 Å². The summed E-state index contributed by atoms with van der Waals surface area (Å²) < 4.78 is 6.15. The molecule has 1 aromatic carbocycles. The summed E-state index contributed by atoms with van der Waals surface area (Å²) in [5.41, 5.74) is 6.28. The molecule has 1 heterocycles. The Morgan fingerprint density at radius 1 is 1.56 bits per heavy atom. The molecule has 18 heavy (non-hydrogen) atoms. The zero-order valence-electron chi connectivity index (χ0n) is 10.4. The second-order valence-corrected chi connectivity index (χ2v) is 5.68. The van der Waals surface area contributed by atoms with E-state index >= 15 is 0 Å². The molecule has 0 saturated carbocycles. The highest BCUT2D eigenvalue weighted by molar-refractivity contribution is 9.10. The van der Waals surface area contributed by atoms with Gasteiger partial charge in [-0.1, -0.05) is 28.1 Å². The molecule has 2 rings (SSSR count). The van der Waals surface area contributed by atoms with Crippen molar-refractivity contribution in [3.63, 3.8) is 0 Å². The minimum absolute atomic E-state index is 0.0659. The van der Waals surface area contributed by atoms with Crippen molar-refractivity contribution < 1.29 is 9.53 Å². The van der Waals surface area contributed by atoms with E-state index in [9.17, 15) is 4.79 Å². The molecule has 1 fully saturated rings. The summed E-state index contributed by atoms with van der Waals surface area (Å²) in [6, 6.07) is 7.94. The van der Waals surface area contributed by atoms with Gasteiger partial charge in [0, 0.05) is 24.6 Å². The van der Waals surface area contributed by atoms with Gasteiger partial charge >= 0.3 is 0 Å². The number of carbonyl (C=O) groups is 1. The van der Waals surface area contributed by atoms with Crippen molar-refractivity contribution in [1.29, 1.82) is 0 Å².